The summed E-state index contributed by atoms with van der Waals surface area (Å²) in [6.07, 6.45) is 0. The van der Waals surface area contributed by atoms with E-state index in [0.717, 1.165) is 5.56 Å². The van der Waals surface area contributed by atoms with Gasteiger partial charge in [0.2, 0.25) is 0 Å². The largest absolute Gasteiger partial charge is 0.506 e. The molecule has 0 aliphatic heterocycles. The van der Waals surface area contributed by atoms with Gasteiger partial charge in [-0.25, -0.2) is 0 Å². The average molecular weight is 260 g/mol. The fourth-order valence-electron chi connectivity index (χ4n) is 1.06. The summed E-state index contributed by atoms with van der Waals surface area (Å²) >= 11 is 3.15. The summed E-state index contributed by atoms with van der Waals surface area (Å²) in [7, 11) is 0. The maximum absolute atomic E-state index is 10.6. The summed E-state index contributed by atoms with van der Waals surface area (Å²) < 4.78 is 0.478. The second-order valence-electron chi connectivity index (χ2n) is 2.95. The molecule has 0 aliphatic carbocycles. The molecule has 0 saturated carbocycles. The summed E-state index contributed by atoms with van der Waals surface area (Å²) in [5.41, 5.74) is 6.40. The topological polar surface area (TPSA) is 83.6 Å². The maximum Gasteiger partial charge on any atom is 0.325 e. The number of halogens is 1. The van der Waals surface area contributed by atoms with E-state index in [2.05, 4.69) is 15.9 Å². The molecule has 0 bridgehead atoms. The number of aliphatic carboxylic acids is 1. The van der Waals surface area contributed by atoms with Crippen LogP contribution in [-0.4, -0.2) is 16.2 Å². The predicted molar refractivity (Wildman–Crippen MR) is 55.1 cm³/mol. The average Bonchev–Trinajstić information content (AvgIpc) is 2.13. The predicted octanol–water partition coefficient (Wildman–Crippen LogP) is 1.55. The summed E-state index contributed by atoms with van der Waals surface area (Å²) in [6, 6.07) is 2.00. The maximum atomic E-state index is 10.6. The number of phenols is 1. The van der Waals surface area contributed by atoms with E-state index in [1.165, 1.54) is 6.07 Å². The van der Waals surface area contributed by atoms with Gasteiger partial charge in [0.25, 0.3) is 0 Å². The Kier molecular flexibility index (Phi) is 3.13. The van der Waals surface area contributed by atoms with Gasteiger partial charge in [0.05, 0.1) is 4.47 Å². The molecule has 0 amide bonds. The number of hydrogen-bond acceptors (Lipinski definition) is 3. The number of aromatic hydroxyl groups is 1. The van der Waals surface area contributed by atoms with Crippen LogP contribution in [0.1, 0.15) is 17.2 Å². The molecule has 0 aromatic heterocycles. The second-order valence-corrected chi connectivity index (χ2v) is 3.74. The Morgan fingerprint density at radius 1 is 1.57 bits per heavy atom. The summed E-state index contributed by atoms with van der Waals surface area (Å²) in [5, 5.41) is 18.3. The minimum Gasteiger partial charge on any atom is -0.506 e. The van der Waals surface area contributed by atoms with Gasteiger partial charge in [0.15, 0.2) is 0 Å². The number of carbonyl (C=O) groups is 1. The highest BCUT2D eigenvalue weighted by Crippen LogP contribution is 2.33. The molecule has 4 N–H and O–H groups in total. The minimum absolute atomic E-state index is 0.111. The van der Waals surface area contributed by atoms with Gasteiger partial charge >= 0.3 is 5.97 Å². The number of aryl methyl sites for hydroxylation is 1. The molecular formula is C9H10BrNO3. The third-order valence-electron chi connectivity index (χ3n) is 1.94. The number of hydrogen-bond donors (Lipinski definition) is 3. The van der Waals surface area contributed by atoms with Gasteiger partial charge in [0.1, 0.15) is 11.8 Å². The summed E-state index contributed by atoms with van der Waals surface area (Å²) in [4.78, 5) is 10.6. The van der Waals surface area contributed by atoms with Gasteiger partial charge in [-0.1, -0.05) is 12.1 Å². The highest BCUT2D eigenvalue weighted by Gasteiger charge is 2.19. The molecule has 76 valence electrons. The van der Waals surface area contributed by atoms with Crippen LogP contribution in [0.3, 0.4) is 0 Å². The third-order valence-corrected chi connectivity index (χ3v) is 2.94. The van der Waals surface area contributed by atoms with Crippen LogP contribution in [0.4, 0.5) is 0 Å². The first-order chi connectivity index (χ1) is 6.45. The van der Waals surface area contributed by atoms with Crippen molar-refractivity contribution in [2.24, 2.45) is 5.73 Å². The van der Waals surface area contributed by atoms with Crippen LogP contribution in [0.2, 0.25) is 0 Å². The number of nitrogens with two attached hydrogens (primary N) is 1. The fraction of sp³-hybridized carbons (Fsp3) is 0.222. The van der Waals surface area contributed by atoms with E-state index in [1.54, 1.807) is 13.0 Å². The molecule has 5 heteroatoms. The van der Waals surface area contributed by atoms with E-state index in [1.807, 2.05) is 0 Å². The second kappa shape index (κ2) is 3.98. The van der Waals surface area contributed by atoms with Gasteiger partial charge in [-0.2, -0.15) is 0 Å². The molecule has 0 fully saturated rings. The first-order valence-corrected chi connectivity index (χ1v) is 4.70. The number of rotatable bonds is 2. The Labute approximate surface area is 89.5 Å². The normalized spacial score (nSPS) is 12.5. The van der Waals surface area contributed by atoms with Crippen molar-refractivity contribution in [3.63, 3.8) is 0 Å². The molecule has 1 unspecified atom stereocenters. The molecule has 4 nitrogen and oxygen atoms in total. The van der Waals surface area contributed by atoms with E-state index < -0.39 is 12.0 Å². The first-order valence-electron chi connectivity index (χ1n) is 3.91. The first kappa shape index (κ1) is 11.0. The van der Waals surface area contributed by atoms with Crippen LogP contribution in [0.25, 0.3) is 0 Å². The van der Waals surface area contributed by atoms with E-state index in [4.69, 9.17) is 10.8 Å². The van der Waals surface area contributed by atoms with Crippen LogP contribution in [-0.2, 0) is 4.79 Å². The molecule has 14 heavy (non-hydrogen) atoms. The fourth-order valence-corrected chi connectivity index (χ4v) is 1.43. The van der Waals surface area contributed by atoms with Crippen molar-refractivity contribution in [2.45, 2.75) is 13.0 Å². The number of carboxylic acid groups (broad SMARTS) is 1. The van der Waals surface area contributed by atoms with Crippen LogP contribution in [0.15, 0.2) is 16.6 Å². The quantitative estimate of drug-likeness (QED) is 0.753. The number of phenolic OH excluding ortho intramolecular Hbond substituents is 1. The van der Waals surface area contributed by atoms with E-state index in [-0.39, 0.29) is 11.3 Å². The van der Waals surface area contributed by atoms with Gasteiger partial charge in [-0.15, -0.1) is 0 Å². The monoisotopic (exact) mass is 259 g/mol. The zero-order valence-corrected chi connectivity index (χ0v) is 9.08. The van der Waals surface area contributed by atoms with Gasteiger partial charge in [-0.3, -0.25) is 4.79 Å². The lowest BCUT2D eigenvalue weighted by Gasteiger charge is -2.11. The molecule has 0 saturated heterocycles. The lowest BCUT2D eigenvalue weighted by Crippen LogP contribution is -2.20. The standard InChI is InChI=1S/C9H10BrNO3/c1-4-2-3-5(7(11)9(13)14)8(12)6(4)10/h2-3,7,12H,11H2,1H3,(H,13,14). The van der Waals surface area contributed by atoms with Crippen LogP contribution >= 0.6 is 15.9 Å². The summed E-state index contributed by atoms with van der Waals surface area (Å²) in [6.45, 7) is 1.79. The molecule has 0 spiro atoms. The Hall–Kier alpha value is -1.07. The van der Waals surface area contributed by atoms with E-state index in [0.29, 0.717) is 4.47 Å². The van der Waals surface area contributed by atoms with Crippen LogP contribution in [0.5, 0.6) is 5.75 Å². The molecule has 1 atom stereocenters. The van der Waals surface area contributed by atoms with Gasteiger partial charge in [-0.05, 0) is 28.4 Å². The van der Waals surface area contributed by atoms with Crippen molar-refractivity contribution < 1.29 is 15.0 Å². The van der Waals surface area contributed by atoms with E-state index >= 15 is 0 Å². The van der Waals surface area contributed by atoms with Crippen LogP contribution in [0, 0.1) is 6.92 Å². The molecule has 1 aromatic rings. The Bertz CT molecular complexity index is 379. The van der Waals surface area contributed by atoms with Gasteiger partial charge < -0.3 is 15.9 Å². The van der Waals surface area contributed by atoms with Crippen molar-refractivity contribution >= 4 is 21.9 Å². The molecule has 0 heterocycles. The molecule has 0 radical (unpaired) electrons. The zero-order chi connectivity index (χ0) is 10.9. The lowest BCUT2D eigenvalue weighted by molar-refractivity contribution is -0.138. The van der Waals surface area contributed by atoms with Crippen LogP contribution < -0.4 is 5.73 Å². The third kappa shape index (κ3) is 1.88. The summed E-state index contributed by atoms with van der Waals surface area (Å²) in [5.74, 6) is -1.28. The Balaban J connectivity index is 3.24. The van der Waals surface area contributed by atoms with Gasteiger partial charge in [0, 0.05) is 5.56 Å². The van der Waals surface area contributed by atoms with Crippen molar-refractivity contribution in [1.29, 1.82) is 0 Å². The smallest absolute Gasteiger partial charge is 0.325 e. The highest BCUT2D eigenvalue weighted by molar-refractivity contribution is 9.10. The highest BCUT2D eigenvalue weighted by atomic mass is 79.9. The molecule has 1 rings (SSSR count). The van der Waals surface area contributed by atoms with Crippen molar-refractivity contribution in [3.05, 3.63) is 27.7 Å². The SMILES string of the molecule is Cc1ccc(C(N)C(=O)O)c(O)c1Br. The molecule has 0 aliphatic rings. The van der Waals surface area contributed by atoms with Crippen molar-refractivity contribution in [3.8, 4) is 5.75 Å². The van der Waals surface area contributed by atoms with Crippen molar-refractivity contribution in [2.75, 3.05) is 0 Å². The number of benzene rings is 1. The zero-order valence-electron chi connectivity index (χ0n) is 7.49. The van der Waals surface area contributed by atoms with E-state index in [9.17, 15) is 9.90 Å². The molecule has 1 aromatic carbocycles. The Morgan fingerprint density at radius 3 is 2.64 bits per heavy atom. The molecular weight excluding hydrogens is 250 g/mol. The lowest BCUT2D eigenvalue weighted by atomic mass is 10.0. The minimum atomic E-state index is -1.20. The van der Waals surface area contributed by atoms with Crippen molar-refractivity contribution in [1.82, 2.24) is 0 Å². The Morgan fingerprint density at radius 2 is 2.14 bits per heavy atom. The number of carboxylic acids is 1.